The van der Waals surface area contributed by atoms with Gasteiger partial charge >= 0.3 is 39.5 Å². The lowest BCUT2D eigenvalue weighted by molar-refractivity contribution is -0.161. The Hall–Kier alpha value is -4.54. The number of esters is 4. The van der Waals surface area contributed by atoms with E-state index in [1.807, 2.05) is 0 Å². The van der Waals surface area contributed by atoms with Crippen LogP contribution in [0.2, 0.25) is 0 Å². The third kappa shape index (κ3) is 71.8. The van der Waals surface area contributed by atoms with Crippen LogP contribution >= 0.6 is 15.6 Å². The van der Waals surface area contributed by atoms with Crippen molar-refractivity contribution in [2.45, 2.75) is 329 Å². The zero-order valence-corrected chi connectivity index (χ0v) is 64.4. The van der Waals surface area contributed by atoms with Crippen molar-refractivity contribution >= 4 is 39.5 Å². The summed E-state index contributed by atoms with van der Waals surface area (Å²) in [6, 6.07) is 0. The Morgan fingerprint density at radius 2 is 0.540 bits per heavy atom. The first-order chi connectivity index (χ1) is 48.7. The van der Waals surface area contributed by atoms with E-state index in [0.717, 1.165) is 212 Å². The Kier molecular flexibility index (Phi) is 69.5. The lowest BCUT2D eigenvalue weighted by Gasteiger charge is -2.21. The second-order valence-electron chi connectivity index (χ2n) is 25.5. The largest absolute Gasteiger partial charge is 0.472 e. The van der Waals surface area contributed by atoms with Crippen LogP contribution in [0.25, 0.3) is 0 Å². The van der Waals surface area contributed by atoms with E-state index in [1.54, 1.807) is 0 Å². The molecule has 0 aliphatic carbocycles. The molecule has 0 saturated carbocycles. The molecule has 5 atom stereocenters. The zero-order valence-electron chi connectivity index (χ0n) is 62.6. The van der Waals surface area contributed by atoms with Crippen molar-refractivity contribution in [1.82, 2.24) is 0 Å². The van der Waals surface area contributed by atoms with Crippen molar-refractivity contribution in [3.8, 4) is 0 Å². The normalized spacial score (nSPS) is 14.6. The molecule has 17 nitrogen and oxygen atoms in total. The Labute approximate surface area is 606 Å². The van der Waals surface area contributed by atoms with Crippen LogP contribution in [0.1, 0.15) is 310 Å². The molecule has 0 saturated heterocycles. The van der Waals surface area contributed by atoms with Crippen LogP contribution in [0, 0.1) is 0 Å². The first-order valence-electron chi connectivity index (χ1n) is 38.8. The number of ether oxygens (including phenoxy) is 4. The topological polar surface area (TPSA) is 237 Å². The fourth-order valence-electron chi connectivity index (χ4n) is 10.0. The van der Waals surface area contributed by atoms with Crippen molar-refractivity contribution in [1.29, 1.82) is 0 Å². The lowest BCUT2D eigenvalue weighted by atomic mass is 10.1. The van der Waals surface area contributed by atoms with Crippen molar-refractivity contribution in [3.05, 3.63) is 122 Å². The van der Waals surface area contributed by atoms with Crippen LogP contribution in [0.15, 0.2) is 122 Å². The van der Waals surface area contributed by atoms with Crippen LogP contribution < -0.4 is 0 Å². The van der Waals surface area contributed by atoms with Gasteiger partial charge in [-0.2, -0.15) is 0 Å². The number of carbonyl (C=O) groups is 4. The Balaban J connectivity index is 5.38. The van der Waals surface area contributed by atoms with Crippen LogP contribution in [-0.2, 0) is 65.4 Å². The second kappa shape index (κ2) is 72.8. The van der Waals surface area contributed by atoms with E-state index in [4.69, 9.17) is 37.0 Å². The Bertz CT molecular complexity index is 2370. The van der Waals surface area contributed by atoms with Gasteiger partial charge in [-0.15, -0.1) is 0 Å². The van der Waals surface area contributed by atoms with Gasteiger partial charge in [-0.05, 0) is 148 Å². The highest BCUT2D eigenvalue weighted by Gasteiger charge is 2.30. The number of phosphoric acid groups is 2. The molecule has 0 aliphatic rings. The number of hydrogen-bond acceptors (Lipinski definition) is 15. The minimum Gasteiger partial charge on any atom is -0.462 e. The number of hydrogen-bond donors (Lipinski definition) is 3. The maximum absolute atomic E-state index is 13.1. The molecule has 5 unspecified atom stereocenters. The molecule has 3 N–H and O–H groups in total. The summed E-state index contributed by atoms with van der Waals surface area (Å²) in [7, 11) is -9.97. The summed E-state index contributed by atoms with van der Waals surface area (Å²) in [5.41, 5.74) is 0. The minimum atomic E-state index is -4.99. The van der Waals surface area contributed by atoms with E-state index >= 15 is 0 Å². The minimum absolute atomic E-state index is 0.0730. The molecule has 0 aromatic rings. The maximum atomic E-state index is 13.1. The smallest absolute Gasteiger partial charge is 0.462 e. The summed E-state index contributed by atoms with van der Waals surface area (Å²) < 4.78 is 68.5. The molecule has 0 spiro atoms. The van der Waals surface area contributed by atoms with Gasteiger partial charge in [0.15, 0.2) is 12.2 Å². The van der Waals surface area contributed by atoms with E-state index in [1.165, 1.54) is 19.3 Å². The van der Waals surface area contributed by atoms with Crippen LogP contribution in [-0.4, -0.2) is 96.7 Å². The van der Waals surface area contributed by atoms with Crippen molar-refractivity contribution in [2.75, 3.05) is 39.6 Å². The fourth-order valence-corrected chi connectivity index (χ4v) is 11.6. The lowest BCUT2D eigenvalue weighted by Crippen LogP contribution is -2.30. The predicted octanol–water partition coefficient (Wildman–Crippen LogP) is 22.3. The van der Waals surface area contributed by atoms with Crippen LogP contribution in [0.4, 0.5) is 0 Å². The van der Waals surface area contributed by atoms with Gasteiger partial charge < -0.3 is 33.8 Å². The van der Waals surface area contributed by atoms with Crippen LogP contribution in [0.3, 0.4) is 0 Å². The van der Waals surface area contributed by atoms with Crippen LogP contribution in [0.5, 0.6) is 0 Å². The van der Waals surface area contributed by atoms with Gasteiger partial charge in [0.2, 0.25) is 0 Å². The summed E-state index contributed by atoms with van der Waals surface area (Å²) in [6.45, 7) is 4.51. The van der Waals surface area contributed by atoms with Crippen molar-refractivity contribution in [2.24, 2.45) is 0 Å². The first-order valence-corrected chi connectivity index (χ1v) is 41.8. The van der Waals surface area contributed by atoms with Gasteiger partial charge in [0.1, 0.15) is 19.3 Å². The molecule has 0 amide bonds. The third-order valence-corrected chi connectivity index (χ3v) is 17.8. The summed E-state index contributed by atoms with van der Waals surface area (Å²) in [6.07, 6.45) is 78.9. The van der Waals surface area contributed by atoms with Gasteiger partial charge in [-0.3, -0.25) is 37.3 Å². The van der Waals surface area contributed by atoms with Gasteiger partial charge in [0.05, 0.1) is 26.4 Å². The SMILES string of the molecule is CC/C=C\C/C=C\C/C=C\CCCCCCCCCC(=O)OCC(COP(=O)(O)OCC(O)COP(=O)(O)OCC(COC(=O)CCCCCCC/C=C\C/C=C\C/C=C\CC)OC(=O)CCCCCCC/C=C\C/C=C\CCCCC)OC(=O)CCCCCCC/C=C\C/C=C\CCC. The molecule has 0 radical (unpaired) electrons. The Morgan fingerprint density at radius 3 is 0.840 bits per heavy atom. The van der Waals surface area contributed by atoms with E-state index in [2.05, 4.69) is 149 Å². The van der Waals surface area contributed by atoms with Crippen molar-refractivity contribution in [3.63, 3.8) is 0 Å². The number of carbonyl (C=O) groups excluding carboxylic acids is 4. The van der Waals surface area contributed by atoms with Gasteiger partial charge in [0, 0.05) is 25.7 Å². The number of aliphatic hydroxyl groups excluding tert-OH is 1. The molecule has 574 valence electrons. The first kappa shape index (κ1) is 95.5. The highest BCUT2D eigenvalue weighted by molar-refractivity contribution is 7.47. The molecule has 0 aromatic heterocycles. The number of allylic oxidation sites excluding steroid dienone is 20. The molecule has 100 heavy (non-hydrogen) atoms. The van der Waals surface area contributed by atoms with Gasteiger partial charge in [-0.25, -0.2) is 9.13 Å². The molecule has 0 aromatic carbocycles. The standard InChI is InChI=1S/C81H138O17P2/c1-5-9-13-17-21-25-29-33-36-37-40-43-46-50-54-58-62-66-79(84)92-71-76(97-80(85)67-63-59-55-51-47-41-32-28-24-20-16-12-8-4)73-95-99(87,88)93-69-75(82)70-94-100(89,90)96-74-77(98-81(86)68-64-60-56-52-48-44-39-35-31-27-23-19-15-11-7-3)72-91-78(83)65-61-57-53-49-45-42-38-34-30-26-22-18-14-10-6-2/h9-10,13-14,16,20-23,25-28,32-36,38-39,75-77,82H,5-8,11-12,15,17-19,24,29-31,37,40-74H2,1-4H3,(H,87,88)(H,89,90)/b13-9-,14-10-,20-16-,25-21-,26-22-,27-23-,32-28-,36-33-,38-34-,39-35-. The zero-order chi connectivity index (χ0) is 73.2. The average Bonchev–Trinajstić information content (AvgIpc) is 0.965. The second-order valence-corrected chi connectivity index (χ2v) is 28.4. The summed E-state index contributed by atoms with van der Waals surface area (Å²) >= 11 is 0. The summed E-state index contributed by atoms with van der Waals surface area (Å²) in [5, 5.41) is 10.6. The van der Waals surface area contributed by atoms with E-state index in [9.17, 15) is 43.2 Å². The quantitative estimate of drug-likeness (QED) is 0.0169. The number of unbranched alkanes of at least 4 members (excludes halogenated alkanes) is 26. The molecule has 0 aliphatic heterocycles. The molecular weight excluding hydrogens is 1310 g/mol. The molecule has 0 heterocycles. The monoisotopic (exact) mass is 1440 g/mol. The summed E-state index contributed by atoms with van der Waals surface area (Å²) in [4.78, 5) is 72.9. The van der Waals surface area contributed by atoms with Crippen molar-refractivity contribution < 1.29 is 80.2 Å². The predicted molar refractivity (Wildman–Crippen MR) is 408 cm³/mol. The van der Waals surface area contributed by atoms with Gasteiger partial charge in [-0.1, -0.05) is 258 Å². The molecule has 0 bridgehead atoms. The highest BCUT2D eigenvalue weighted by Crippen LogP contribution is 2.45. The summed E-state index contributed by atoms with van der Waals surface area (Å²) in [5.74, 6) is -2.23. The molecule has 0 fully saturated rings. The third-order valence-electron chi connectivity index (χ3n) is 15.9. The number of rotatable bonds is 72. The molecular formula is C81H138O17P2. The Morgan fingerprint density at radius 1 is 0.290 bits per heavy atom. The van der Waals surface area contributed by atoms with E-state index < -0.39 is 97.5 Å². The van der Waals surface area contributed by atoms with Gasteiger partial charge in [0.25, 0.3) is 0 Å². The highest BCUT2D eigenvalue weighted by atomic mass is 31.2. The van der Waals surface area contributed by atoms with E-state index in [0.29, 0.717) is 25.7 Å². The molecule has 19 heteroatoms. The number of aliphatic hydroxyl groups is 1. The van der Waals surface area contributed by atoms with E-state index in [-0.39, 0.29) is 25.7 Å². The number of phosphoric ester groups is 2. The molecule has 0 rings (SSSR count). The maximum Gasteiger partial charge on any atom is 0.472 e. The average molecular weight is 1450 g/mol. The fraction of sp³-hybridized carbons (Fsp3) is 0.704.